The SMILES string of the molecule is Cc1cc(N)cc2ncccc12. The van der Waals surface area contributed by atoms with E-state index in [-0.39, 0.29) is 0 Å². The predicted molar refractivity (Wildman–Crippen MR) is 50.9 cm³/mol. The maximum atomic E-state index is 5.68. The molecule has 60 valence electrons. The first-order valence-corrected chi connectivity index (χ1v) is 3.88. The second kappa shape index (κ2) is 2.48. The van der Waals surface area contributed by atoms with Gasteiger partial charge >= 0.3 is 0 Å². The van der Waals surface area contributed by atoms with Crippen molar-refractivity contribution in [3.05, 3.63) is 36.0 Å². The maximum absolute atomic E-state index is 5.68. The van der Waals surface area contributed by atoms with Gasteiger partial charge in [0.25, 0.3) is 0 Å². The minimum Gasteiger partial charge on any atom is -0.399 e. The van der Waals surface area contributed by atoms with Gasteiger partial charge in [0.1, 0.15) is 0 Å². The van der Waals surface area contributed by atoms with E-state index in [1.807, 2.05) is 25.1 Å². The molecule has 0 saturated carbocycles. The fourth-order valence-electron chi connectivity index (χ4n) is 1.39. The normalized spacial score (nSPS) is 10.4. The second-order valence-corrected chi connectivity index (χ2v) is 2.91. The molecule has 2 rings (SSSR count). The number of nitrogens with two attached hydrogens (primary N) is 1. The van der Waals surface area contributed by atoms with E-state index in [1.54, 1.807) is 6.20 Å². The zero-order valence-electron chi connectivity index (χ0n) is 6.91. The smallest absolute Gasteiger partial charge is 0.0725 e. The third kappa shape index (κ3) is 1.01. The van der Waals surface area contributed by atoms with Crippen molar-refractivity contribution in [2.45, 2.75) is 6.92 Å². The molecule has 0 aliphatic carbocycles. The Kier molecular flexibility index (Phi) is 1.47. The van der Waals surface area contributed by atoms with E-state index < -0.39 is 0 Å². The largest absolute Gasteiger partial charge is 0.399 e. The molecular weight excluding hydrogens is 148 g/mol. The summed E-state index contributed by atoms with van der Waals surface area (Å²) in [5.41, 5.74) is 8.61. The van der Waals surface area contributed by atoms with E-state index in [1.165, 1.54) is 10.9 Å². The van der Waals surface area contributed by atoms with E-state index in [9.17, 15) is 0 Å². The minimum atomic E-state index is 0.777. The molecule has 0 unspecified atom stereocenters. The first-order valence-electron chi connectivity index (χ1n) is 3.88. The van der Waals surface area contributed by atoms with Crippen LogP contribution in [-0.2, 0) is 0 Å². The van der Waals surface area contributed by atoms with Gasteiger partial charge in [-0.3, -0.25) is 4.98 Å². The first kappa shape index (κ1) is 7.10. The molecule has 0 aliphatic rings. The Morgan fingerprint density at radius 1 is 1.33 bits per heavy atom. The number of hydrogen-bond acceptors (Lipinski definition) is 2. The molecular formula is C10H10N2. The zero-order valence-corrected chi connectivity index (χ0v) is 6.91. The molecule has 1 aromatic carbocycles. The van der Waals surface area contributed by atoms with Gasteiger partial charge in [-0.1, -0.05) is 6.07 Å². The lowest BCUT2D eigenvalue weighted by Crippen LogP contribution is -1.88. The van der Waals surface area contributed by atoms with Gasteiger partial charge in [0.2, 0.25) is 0 Å². The monoisotopic (exact) mass is 158 g/mol. The highest BCUT2D eigenvalue weighted by Crippen LogP contribution is 2.19. The van der Waals surface area contributed by atoms with Crippen LogP contribution in [0.4, 0.5) is 5.69 Å². The van der Waals surface area contributed by atoms with Crippen LogP contribution in [0.25, 0.3) is 10.9 Å². The van der Waals surface area contributed by atoms with Crippen LogP contribution in [0, 0.1) is 6.92 Å². The van der Waals surface area contributed by atoms with Crippen molar-refractivity contribution in [2.75, 3.05) is 5.73 Å². The minimum absolute atomic E-state index is 0.777. The van der Waals surface area contributed by atoms with Crippen molar-refractivity contribution >= 4 is 16.6 Å². The number of nitrogen functional groups attached to an aromatic ring is 1. The third-order valence-corrected chi connectivity index (χ3v) is 1.95. The van der Waals surface area contributed by atoms with Crippen LogP contribution in [0.3, 0.4) is 0 Å². The summed E-state index contributed by atoms with van der Waals surface area (Å²) in [5.74, 6) is 0. The van der Waals surface area contributed by atoms with Crippen molar-refractivity contribution in [2.24, 2.45) is 0 Å². The number of aromatic nitrogens is 1. The second-order valence-electron chi connectivity index (χ2n) is 2.91. The number of pyridine rings is 1. The lowest BCUT2D eigenvalue weighted by atomic mass is 10.1. The van der Waals surface area contributed by atoms with Gasteiger partial charge in [0.05, 0.1) is 5.52 Å². The third-order valence-electron chi connectivity index (χ3n) is 1.95. The van der Waals surface area contributed by atoms with E-state index >= 15 is 0 Å². The van der Waals surface area contributed by atoms with Gasteiger partial charge in [-0.2, -0.15) is 0 Å². The highest BCUT2D eigenvalue weighted by molar-refractivity contribution is 5.84. The summed E-state index contributed by atoms with van der Waals surface area (Å²) in [5, 5.41) is 1.17. The lowest BCUT2D eigenvalue weighted by molar-refractivity contribution is 1.39. The van der Waals surface area contributed by atoms with Gasteiger partial charge in [-0.25, -0.2) is 0 Å². The molecule has 0 atom stereocenters. The molecule has 0 fully saturated rings. The average molecular weight is 158 g/mol. The number of rotatable bonds is 0. The summed E-state index contributed by atoms with van der Waals surface area (Å²) >= 11 is 0. The first-order chi connectivity index (χ1) is 5.77. The molecule has 0 spiro atoms. The Morgan fingerprint density at radius 3 is 3.00 bits per heavy atom. The van der Waals surface area contributed by atoms with Gasteiger partial charge in [-0.05, 0) is 30.7 Å². The van der Waals surface area contributed by atoms with Crippen LogP contribution >= 0.6 is 0 Å². The Bertz CT molecular complexity index is 421. The van der Waals surface area contributed by atoms with Crippen molar-refractivity contribution in [1.29, 1.82) is 0 Å². The number of fused-ring (bicyclic) bond motifs is 1. The maximum Gasteiger partial charge on any atom is 0.0725 e. The quantitative estimate of drug-likeness (QED) is 0.596. The molecule has 2 heteroatoms. The molecule has 0 saturated heterocycles. The number of hydrogen-bond donors (Lipinski definition) is 1. The number of anilines is 1. The highest BCUT2D eigenvalue weighted by Gasteiger charge is 1.97. The molecule has 12 heavy (non-hydrogen) atoms. The number of aryl methyl sites for hydroxylation is 1. The van der Waals surface area contributed by atoms with Crippen LogP contribution in [-0.4, -0.2) is 4.98 Å². The predicted octanol–water partition coefficient (Wildman–Crippen LogP) is 2.13. The van der Waals surface area contributed by atoms with Crippen LogP contribution in [0.15, 0.2) is 30.5 Å². The number of nitrogens with zero attached hydrogens (tertiary/aromatic N) is 1. The van der Waals surface area contributed by atoms with Crippen molar-refractivity contribution in [3.8, 4) is 0 Å². The molecule has 0 amide bonds. The topological polar surface area (TPSA) is 38.9 Å². The summed E-state index contributed by atoms with van der Waals surface area (Å²) in [7, 11) is 0. The van der Waals surface area contributed by atoms with Crippen LogP contribution in [0.5, 0.6) is 0 Å². The molecule has 1 aromatic heterocycles. The number of benzene rings is 1. The molecule has 1 heterocycles. The summed E-state index contributed by atoms with van der Waals surface area (Å²) < 4.78 is 0. The molecule has 2 nitrogen and oxygen atoms in total. The highest BCUT2D eigenvalue weighted by atomic mass is 14.7. The lowest BCUT2D eigenvalue weighted by Gasteiger charge is -2.01. The van der Waals surface area contributed by atoms with Crippen LogP contribution in [0.2, 0.25) is 0 Å². The van der Waals surface area contributed by atoms with Gasteiger partial charge < -0.3 is 5.73 Å². The molecule has 2 aromatic rings. The van der Waals surface area contributed by atoms with Crippen molar-refractivity contribution in [3.63, 3.8) is 0 Å². The van der Waals surface area contributed by atoms with Crippen LogP contribution < -0.4 is 5.73 Å². The van der Waals surface area contributed by atoms with Gasteiger partial charge in [-0.15, -0.1) is 0 Å². The Hall–Kier alpha value is -1.57. The summed E-state index contributed by atoms with van der Waals surface area (Å²) in [6.07, 6.45) is 1.78. The Labute approximate surface area is 71.0 Å². The summed E-state index contributed by atoms with van der Waals surface area (Å²) in [6, 6.07) is 7.84. The zero-order chi connectivity index (χ0) is 8.55. The molecule has 2 N–H and O–H groups in total. The van der Waals surface area contributed by atoms with E-state index in [0.29, 0.717) is 0 Å². The Balaban J connectivity index is 2.89. The molecule has 0 bridgehead atoms. The fraction of sp³-hybridized carbons (Fsp3) is 0.100. The van der Waals surface area contributed by atoms with E-state index in [2.05, 4.69) is 11.1 Å². The Morgan fingerprint density at radius 2 is 2.17 bits per heavy atom. The average Bonchev–Trinajstić information content (AvgIpc) is 2.04. The van der Waals surface area contributed by atoms with E-state index in [0.717, 1.165) is 11.2 Å². The standard InChI is InChI=1S/C10H10N2/c1-7-5-8(11)6-10-9(7)3-2-4-12-10/h2-6H,11H2,1H3. The fourth-order valence-corrected chi connectivity index (χ4v) is 1.39. The molecule has 0 radical (unpaired) electrons. The van der Waals surface area contributed by atoms with Gasteiger partial charge in [0.15, 0.2) is 0 Å². The summed E-state index contributed by atoms with van der Waals surface area (Å²) in [6.45, 7) is 2.04. The molecule has 0 aliphatic heterocycles. The van der Waals surface area contributed by atoms with Crippen molar-refractivity contribution < 1.29 is 0 Å². The van der Waals surface area contributed by atoms with Crippen molar-refractivity contribution in [1.82, 2.24) is 4.98 Å². The van der Waals surface area contributed by atoms with Crippen LogP contribution in [0.1, 0.15) is 5.56 Å². The summed E-state index contributed by atoms with van der Waals surface area (Å²) in [4.78, 5) is 4.22. The van der Waals surface area contributed by atoms with E-state index in [4.69, 9.17) is 5.73 Å². The van der Waals surface area contributed by atoms with Gasteiger partial charge in [0, 0.05) is 17.3 Å².